The molecule has 9 heteroatoms. The highest BCUT2D eigenvalue weighted by molar-refractivity contribution is 7.92. The van der Waals surface area contributed by atoms with E-state index in [9.17, 15) is 18.3 Å². The van der Waals surface area contributed by atoms with Crippen LogP contribution in [0.15, 0.2) is 53.4 Å². The van der Waals surface area contributed by atoms with Gasteiger partial charge in [-0.25, -0.2) is 13.4 Å². The van der Waals surface area contributed by atoms with Crippen molar-refractivity contribution < 1.29 is 18.3 Å². The number of nitrogens with one attached hydrogen (secondary N) is 1. The fourth-order valence-corrected chi connectivity index (χ4v) is 6.08. The molecule has 0 saturated carbocycles. The second-order valence-electron chi connectivity index (χ2n) is 7.08. The molecule has 0 spiro atoms. The van der Waals surface area contributed by atoms with Gasteiger partial charge in [0.25, 0.3) is 10.0 Å². The first kappa shape index (κ1) is 20.5. The first-order valence-electron chi connectivity index (χ1n) is 9.42. The molecule has 30 heavy (non-hydrogen) atoms. The van der Waals surface area contributed by atoms with Crippen LogP contribution in [0.3, 0.4) is 0 Å². The van der Waals surface area contributed by atoms with Crippen molar-refractivity contribution in [3.05, 3.63) is 59.8 Å². The Morgan fingerprint density at radius 2 is 1.97 bits per heavy atom. The van der Waals surface area contributed by atoms with Crippen LogP contribution in [-0.2, 0) is 14.8 Å². The van der Waals surface area contributed by atoms with Crippen molar-refractivity contribution in [3.8, 4) is 10.4 Å². The molecule has 0 fully saturated rings. The lowest BCUT2D eigenvalue weighted by Gasteiger charge is -2.33. The molecule has 1 atom stereocenters. The first-order chi connectivity index (χ1) is 14.3. The molecule has 1 unspecified atom stereocenters. The Hall–Kier alpha value is -2.75. The predicted molar refractivity (Wildman–Crippen MR) is 117 cm³/mol. The van der Waals surface area contributed by atoms with Gasteiger partial charge >= 0.3 is 0 Å². The minimum Gasteiger partial charge on any atom is -0.388 e. The zero-order valence-corrected chi connectivity index (χ0v) is 18.1. The maximum absolute atomic E-state index is 13.2. The summed E-state index contributed by atoms with van der Waals surface area (Å²) in [5.41, 5.74) is 2.61. The number of carbonyl (C=O) groups is 1. The lowest BCUT2D eigenvalue weighted by atomic mass is 9.97. The normalized spacial score (nSPS) is 16.2. The summed E-state index contributed by atoms with van der Waals surface area (Å²) in [6.07, 6.45) is -0.452. The Morgan fingerprint density at radius 1 is 1.23 bits per heavy atom. The fourth-order valence-electron chi connectivity index (χ4n) is 3.54. The van der Waals surface area contributed by atoms with Crippen molar-refractivity contribution in [1.29, 1.82) is 0 Å². The number of hydrogen-bond acceptors (Lipinski definition) is 6. The third-order valence-electron chi connectivity index (χ3n) is 4.93. The summed E-state index contributed by atoms with van der Waals surface area (Å²) in [5, 5.41) is 13.8. The average Bonchev–Trinajstić information content (AvgIpc) is 3.08. The summed E-state index contributed by atoms with van der Waals surface area (Å²) in [6.45, 7) is 3.48. The van der Waals surface area contributed by atoms with Crippen molar-refractivity contribution in [1.82, 2.24) is 4.98 Å². The number of aliphatic hydroxyl groups excluding tert-OH is 1. The molecule has 1 aliphatic heterocycles. The minimum atomic E-state index is -3.73. The molecule has 2 N–H and O–H groups in total. The van der Waals surface area contributed by atoms with E-state index in [1.54, 1.807) is 36.4 Å². The number of benzene rings is 2. The van der Waals surface area contributed by atoms with Crippen molar-refractivity contribution in [2.24, 2.45) is 0 Å². The average molecular weight is 444 g/mol. The van der Waals surface area contributed by atoms with Crippen LogP contribution in [0, 0.1) is 6.92 Å². The van der Waals surface area contributed by atoms with Gasteiger partial charge in [0.2, 0.25) is 5.91 Å². The number of aliphatic hydroxyl groups is 1. The second kappa shape index (κ2) is 7.82. The van der Waals surface area contributed by atoms with E-state index in [1.165, 1.54) is 22.6 Å². The van der Waals surface area contributed by atoms with E-state index in [0.717, 1.165) is 16.1 Å². The Balaban J connectivity index is 1.76. The van der Waals surface area contributed by atoms with Gasteiger partial charge in [-0.15, -0.1) is 0 Å². The Bertz CT molecular complexity index is 1210. The summed E-state index contributed by atoms with van der Waals surface area (Å²) in [4.78, 5) is 16.8. The van der Waals surface area contributed by atoms with Gasteiger partial charge in [0.15, 0.2) is 5.13 Å². The molecule has 0 saturated heterocycles. The maximum atomic E-state index is 13.2. The van der Waals surface area contributed by atoms with Crippen LogP contribution in [0.25, 0.3) is 10.4 Å². The lowest BCUT2D eigenvalue weighted by molar-refractivity contribution is -0.114. The number of sulfonamides is 1. The number of carbonyl (C=O) groups excluding carboxylic acids is 1. The van der Waals surface area contributed by atoms with Gasteiger partial charge in [-0.1, -0.05) is 35.6 Å². The summed E-state index contributed by atoms with van der Waals surface area (Å²) < 4.78 is 27.7. The highest BCUT2D eigenvalue weighted by Crippen LogP contribution is 2.41. The molecule has 7 nitrogen and oxygen atoms in total. The summed E-state index contributed by atoms with van der Waals surface area (Å²) in [6, 6.07) is 13.6. The number of fused-ring (bicyclic) bond motifs is 1. The number of aromatic nitrogens is 1. The van der Waals surface area contributed by atoms with E-state index in [-0.39, 0.29) is 17.3 Å². The van der Waals surface area contributed by atoms with E-state index < -0.39 is 16.1 Å². The molecule has 0 aliphatic carbocycles. The summed E-state index contributed by atoms with van der Waals surface area (Å²) >= 11 is 1.34. The van der Waals surface area contributed by atoms with Crippen LogP contribution < -0.4 is 9.62 Å². The molecule has 1 aliphatic rings. The third-order valence-corrected chi connectivity index (χ3v) is 7.88. The van der Waals surface area contributed by atoms with E-state index in [1.807, 2.05) is 19.1 Å². The highest BCUT2D eigenvalue weighted by atomic mass is 32.2. The zero-order chi connectivity index (χ0) is 21.5. The van der Waals surface area contributed by atoms with Crippen LogP contribution in [0.2, 0.25) is 0 Å². The summed E-state index contributed by atoms with van der Waals surface area (Å²) in [7, 11) is -3.73. The first-order valence-corrected chi connectivity index (χ1v) is 11.7. The number of rotatable bonds is 4. The van der Waals surface area contributed by atoms with Gasteiger partial charge < -0.3 is 10.4 Å². The van der Waals surface area contributed by atoms with Gasteiger partial charge in [0, 0.05) is 19.0 Å². The molecule has 156 valence electrons. The zero-order valence-electron chi connectivity index (χ0n) is 16.5. The Labute approximate surface area is 179 Å². The minimum absolute atomic E-state index is 0.196. The molecule has 1 amide bonds. The largest absolute Gasteiger partial charge is 0.388 e. The number of nitrogens with zero attached hydrogens (tertiary/aromatic N) is 2. The molecular weight excluding hydrogens is 422 g/mol. The van der Waals surface area contributed by atoms with E-state index >= 15 is 0 Å². The second-order valence-corrected chi connectivity index (χ2v) is 9.94. The molecule has 0 bridgehead atoms. The van der Waals surface area contributed by atoms with Gasteiger partial charge in [-0.05, 0) is 43.2 Å². The number of anilines is 2. The predicted octanol–water partition coefficient (Wildman–Crippen LogP) is 3.71. The van der Waals surface area contributed by atoms with E-state index in [0.29, 0.717) is 22.8 Å². The molecule has 0 radical (unpaired) electrons. The van der Waals surface area contributed by atoms with Crippen LogP contribution >= 0.6 is 11.3 Å². The van der Waals surface area contributed by atoms with Crippen LogP contribution in [0.1, 0.15) is 30.7 Å². The van der Waals surface area contributed by atoms with Gasteiger partial charge in [-0.2, -0.15) is 0 Å². The van der Waals surface area contributed by atoms with E-state index in [4.69, 9.17) is 0 Å². The summed E-state index contributed by atoms with van der Waals surface area (Å²) in [5.74, 6) is -0.196. The fraction of sp³-hybridized carbons (Fsp3) is 0.238. The SMILES string of the molecule is CC(=O)Nc1nc(C)c(-c2ccc3c(c2)C(O)CCN3S(=O)(=O)c2ccccc2)s1. The van der Waals surface area contributed by atoms with Gasteiger partial charge in [-0.3, -0.25) is 9.10 Å². The number of hydrogen-bond donors (Lipinski definition) is 2. The molecule has 1 aromatic heterocycles. The third kappa shape index (κ3) is 3.71. The molecule has 4 rings (SSSR count). The van der Waals surface area contributed by atoms with Crippen molar-refractivity contribution in [3.63, 3.8) is 0 Å². The van der Waals surface area contributed by atoms with Gasteiger partial charge in [0.05, 0.1) is 27.3 Å². The molecule has 2 heterocycles. The molecule has 3 aromatic rings. The standard InChI is InChI=1S/C21H21N3O4S2/c1-13-20(29-21(22-13)23-14(2)25)15-8-9-18-17(12-15)19(26)10-11-24(18)30(27,28)16-6-4-3-5-7-16/h3-9,12,19,26H,10-11H2,1-2H3,(H,22,23,25). The van der Waals surface area contributed by atoms with Crippen LogP contribution in [0.5, 0.6) is 0 Å². The van der Waals surface area contributed by atoms with Crippen molar-refractivity contribution in [2.45, 2.75) is 31.3 Å². The number of aryl methyl sites for hydroxylation is 1. The maximum Gasteiger partial charge on any atom is 0.264 e. The Kier molecular flexibility index (Phi) is 5.35. The van der Waals surface area contributed by atoms with Crippen molar-refractivity contribution in [2.75, 3.05) is 16.2 Å². The number of amides is 1. The quantitative estimate of drug-likeness (QED) is 0.640. The smallest absolute Gasteiger partial charge is 0.264 e. The van der Waals surface area contributed by atoms with Crippen LogP contribution in [0.4, 0.5) is 10.8 Å². The van der Waals surface area contributed by atoms with Crippen LogP contribution in [-0.4, -0.2) is 31.0 Å². The number of thiazole rings is 1. The van der Waals surface area contributed by atoms with Crippen molar-refractivity contribution >= 4 is 38.1 Å². The van der Waals surface area contributed by atoms with E-state index in [2.05, 4.69) is 10.3 Å². The molecule has 2 aromatic carbocycles. The van der Waals surface area contributed by atoms with Gasteiger partial charge in [0.1, 0.15) is 0 Å². The topological polar surface area (TPSA) is 99.6 Å². The monoisotopic (exact) mass is 443 g/mol. The highest BCUT2D eigenvalue weighted by Gasteiger charge is 2.32. The molecular formula is C21H21N3O4S2. The Morgan fingerprint density at radius 3 is 2.67 bits per heavy atom. The lowest BCUT2D eigenvalue weighted by Crippen LogP contribution is -2.36.